The molecule has 0 aliphatic carbocycles. The minimum atomic E-state index is -6.02. The van der Waals surface area contributed by atoms with Crippen LogP contribution in [0.1, 0.15) is 0 Å². The fourth-order valence-electron chi connectivity index (χ4n) is 0. The van der Waals surface area contributed by atoms with Crippen molar-refractivity contribution in [2.75, 3.05) is 0 Å². The van der Waals surface area contributed by atoms with Gasteiger partial charge in [0.1, 0.15) is 0 Å². The van der Waals surface area contributed by atoms with Crippen molar-refractivity contribution >= 4 is 10.4 Å². The zero-order valence-electron chi connectivity index (χ0n) is 6.16. The van der Waals surface area contributed by atoms with Gasteiger partial charge in [-0.15, -0.1) is 0 Å². The molecule has 0 heterocycles. The van der Waals surface area contributed by atoms with Crippen molar-refractivity contribution in [1.82, 2.24) is 0 Å². The number of hydrogen-bond donors (Lipinski definition) is 2. The van der Waals surface area contributed by atoms with E-state index in [-0.39, 0.29) is 138 Å². The predicted molar refractivity (Wildman–Crippen MR) is 15.6 cm³/mol. The monoisotopic (exact) mass is 526 g/mol. The van der Waals surface area contributed by atoms with Crippen molar-refractivity contribution in [2.45, 2.75) is 0 Å². The fourth-order valence-corrected chi connectivity index (χ4v) is 0. The van der Waals surface area contributed by atoms with Gasteiger partial charge in [-0.2, -0.15) is 8.42 Å². The molecule has 8 nitrogen and oxygen atoms in total. The summed E-state index contributed by atoms with van der Waals surface area (Å²) in [6.07, 6.45) is 0. The Morgan fingerprint density at radius 1 is 1.00 bits per heavy atom. The van der Waals surface area contributed by atoms with Crippen molar-refractivity contribution in [3.8, 4) is 0 Å². The molecule has 0 radical (unpaired) electrons. The van der Waals surface area contributed by atoms with Crippen molar-refractivity contribution < 1.29 is 186 Å². The van der Waals surface area contributed by atoms with Gasteiger partial charge in [0.25, 0.3) is 0 Å². The normalized spacial score (nSPS) is 9.67. The van der Waals surface area contributed by atoms with Crippen LogP contribution in [0.25, 0.3) is 0 Å². The third kappa shape index (κ3) is 141. The van der Waals surface area contributed by atoms with Crippen LogP contribution in [-0.4, -0.2) is 17.5 Å². The van der Waals surface area contributed by atoms with Crippen LogP contribution in [0, 0.1) is 0 Å². The van der Waals surface area contributed by atoms with E-state index in [4.69, 9.17) is 31.8 Å². The first-order valence-corrected chi connectivity index (χ1v) is 6.04. The van der Waals surface area contributed by atoms with Crippen LogP contribution in [0.2, 0.25) is 0 Å². The van der Waals surface area contributed by atoms with E-state index in [1.807, 2.05) is 0 Å². The van der Waals surface area contributed by atoms with Crippen LogP contribution in [-0.2, 0) is 33.9 Å². The van der Waals surface area contributed by atoms with Gasteiger partial charge in [0.05, 0.1) is 0 Å². The van der Waals surface area contributed by atoms with E-state index in [1.165, 1.54) is 0 Å². The van der Waals surface area contributed by atoms with E-state index in [2.05, 4.69) is 0 Å². The van der Waals surface area contributed by atoms with Crippen LogP contribution >= 0.6 is 0 Å². The summed E-state index contributed by atoms with van der Waals surface area (Å²) in [6, 6.07) is 0. The van der Waals surface area contributed by atoms with E-state index < -0.39 is 27.1 Å². The zero-order chi connectivity index (χ0) is 9.00. The van der Waals surface area contributed by atoms with Gasteiger partial charge in [0.15, 0.2) is 0 Å². The van der Waals surface area contributed by atoms with Crippen molar-refractivity contribution in [3.05, 3.63) is 0 Å². The molecule has 0 atom stereocenters. The molecule has 0 aromatic rings. The quantitative estimate of drug-likeness (QED) is 0.234. The van der Waals surface area contributed by atoms with Gasteiger partial charge < -0.3 is 0 Å². The Labute approximate surface area is 190 Å². The van der Waals surface area contributed by atoms with Crippen LogP contribution < -0.4 is 145 Å². The van der Waals surface area contributed by atoms with E-state index in [0.29, 0.717) is 0 Å². The van der Waals surface area contributed by atoms with Gasteiger partial charge >= 0.3 is 179 Å². The summed E-state index contributed by atoms with van der Waals surface area (Å²) in [5.74, 6) is 0. The van der Waals surface area contributed by atoms with Gasteiger partial charge in [-0.3, -0.25) is 9.11 Å². The first-order valence-electron chi connectivity index (χ1n) is 1.37. The Balaban J connectivity index is -0.0000000457. The molecule has 0 aromatic heterocycles. The molecule has 0 fully saturated rings. The van der Waals surface area contributed by atoms with Gasteiger partial charge in [-0.1, -0.05) is 0 Å². The summed E-state index contributed by atoms with van der Waals surface area (Å²) in [4.78, 5) is 0. The molecule has 0 aliphatic heterocycles. The molecule has 64 valence electrons. The van der Waals surface area contributed by atoms with Gasteiger partial charge in [0.2, 0.25) is 0 Å². The summed E-state index contributed by atoms with van der Waals surface area (Å²) in [6.45, 7) is 0. The van der Waals surface area contributed by atoms with Gasteiger partial charge in [0, 0.05) is 0 Å². The zero-order valence-corrected chi connectivity index (χ0v) is 21.5. The van der Waals surface area contributed by atoms with Crippen LogP contribution in [0.5, 0.6) is 0 Å². The Morgan fingerprint density at radius 3 is 1.00 bits per heavy atom. The average molecular weight is 524 g/mol. The standard InChI is InChI=1S/2Cs.Mo.H2O4S.4O/c;;;1-5(2,3)4;;;;/h;;;(H2,1,2,3,4);;;;/q2*+1;;;;;2*-1. The van der Waals surface area contributed by atoms with E-state index in [9.17, 15) is 0 Å². The molecule has 0 saturated heterocycles. The van der Waals surface area contributed by atoms with Crippen LogP contribution in [0.15, 0.2) is 0 Å². The van der Waals surface area contributed by atoms with Gasteiger partial charge in [-0.05, 0) is 0 Å². The Bertz CT molecular complexity index is 213. The summed E-state index contributed by atoms with van der Waals surface area (Å²) < 4.78 is 66.1. The topological polar surface area (TPSA) is 155 Å². The molecule has 0 rings (SSSR count). The summed E-state index contributed by atoms with van der Waals surface area (Å²) >= 11 is -6.02. The molecule has 0 aliphatic rings. The molecule has 0 bridgehead atoms. The SMILES string of the molecule is O=S(=O)(O)O.[Cs+].[Cs+].[O]=[Mo](=[O])([O-])[O-]. The van der Waals surface area contributed by atoms with E-state index in [0.717, 1.165) is 0 Å². The molecule has 0 saturated carbocycles. The molecular weight excluding hydrogens is 522 g/mol. The molecule has 12 heteroatoms. The number of rotatable bonds is 0. The Morgan fingerprint density at radius 2 is 1.00 bits per heavy atom. The predicted octanol–water partition coefficient (Wildman–Crippen LogP) is -9.26. The molecule has 0 spiro atoms. The maximum absolute atomic E-state index is 8.74. The average Bonchev–Trinajstić information content (AvgIpc) is 1.12. The maximum atomic E-state index is 8.74. The van der Waals surface area contributed by atoms with E-state index in [1.54, 1.807) is 0 Å². The number of hydrogen-bond acceptors (Lipinski definition) is 6. The second kappa shape index (κ2) is 11.7. The van der Waals surface area contributed by atoms with Crippen molar-refractivity contribution in [1.29, 1.82) is 0 Å². The van der Waals surface area contributed by atoms with Crippen LogP contribution in [0.3, 0.4) is 0 Å². The molecule has 0 aromatic carbocycles. The second-order valence-corrected chi connectivity index (χ2v) is 3.76. The molecule has 12 heavy (non-hydrogen) atoms. The first kappa shape index (κ1) is 25.1. The van der Waals surface area contributed by atoms with E-state index >= 15 is 0 Å². The molecule has 2 N–H and O–H groups in total. The molecule has 0 unspecified atom stereocenters. The minimum absolute atomic E-state index is 0. The van der Waals surface area contributed by atoms with Gasteiger partial charge in [-0.25, -0.2) is 0 Å². The molecular formula is H2Cs2MoO8S. The Hall–Kier alpha value is 4.18. The van der Waals surface area contributed by atoms with Crippen LogP contribution in [0.4, 0.5) is 0 Å². The second-order valence-electron chi connectivity index (χ2n) is 0.856. The third-order valence-electron chi connectivity index (χ3n) is 0. The summed E-state index contributed by atoms with van der Waals surface area (Å²) in [5.41, 5.74) is 0. The first-order chi connectivity index (χ1) is 4.00. The summed E-state index contributed by atoms with van der Waals surface area (Å²) in [5, 5.41) is 0. The Kier molecular flexibility index (Phi) is 24.4. The van der Waals surface area contributed by atoms with Crippen molar-refractivity contribution in [3.63, 3.8) is 0 Å². The fraction of sp³-hybridized carbons (Fsp3) is 0. The summed E-state index contributed by atoms with van der Waals surface area (Å²) in [7, 11) is -4.67. The third-order valence-corrected chi connectivity index (χ3v) is 0. The molecule has 0 amide bonds. The van der Waals surface area contributed by atoms with Crippen molar-refractivity contribution in [2.24, 2.45) is 0 Å².